The lowest BCUT2D eigenvalue weighted by molar-refractivity contribution is 0.154. The largest absolute Gasteiger partial charge is 0.380 e. The van der Waals surface area contributed by atoms with Crippen LogP contribution in [0, 0.1) is 0 Å². The summed E-state index contributed by atoms with van der Waals surface area (Å²) >= 11 is 11.9. The lowest BCUT2D eigenvalue weighted by Crippen LogP contribution is -2.28. The fourth-order valence-electron chi connectivity index (χ4n) is 1.74. The molecule has 17 heavy (non-hydrogen) atoms. The number of benzene rings is 1. The van der Waals surface area contributed by atoms with Crippen LogP contribution < -0.4 is 4.90 Å². The molecule has 0 aliphatic rings. The van der Waals surface area contributed by atoms with Gasteiger partial charge in [0.2, 0.25) is 0 Å². The maximum absolute atomic E-state index is 5.97. The monoisotopic (exact) mass is 275 g/mol. The van der Waals surface area contributed by atoms with Gasteiger partial charge in [0.1, 0.15) is 0 Å². The highest BCUT2D eigenvalue weighted by Crippen LogP contribution is 2.25. The molecule has 1 rings (SSSR count). The van der Waals surface area contributed by atoms with E-state index in [4.69, 9.17) is 27.9 Å². The summed E-state index contributed by atoms with van der Waals surface area (Å²) in [6.07, 6.45) is 0. The van der Waals surface area contributed by atoms with E-state index in [1.165, 1.54) is 0 Å². The smallest absolute Gasteiger partial charge is 0.0641 e. The zero-order chi connectivity index (χ0) is 12.7. The molecule has 0 heterocycles. The normalized spacial score (nSPS) is 10.6. The molecule has 0 aromatic heterocycles. The zero-order valence-corrected chi connectivity index (χ0v) is 11.9. The number of alkyl halides is 1. The molecule has 0 unspecified atom stereocenters. The van der Waals surface area contributed by atoms with Gasteiger partial charge < -0.3 is 9.64 Å². The summed E-state index contributed by atoms with van der Waals surface area (Å²) in [4.78, 5) is 2.25. The van der Waals surface area contributed by atoms with Gasteiger partial charge in [0.15, 0.2) is 0 Å². The first kappa shape index (κ1) is 14.6. The highest BCUT2D eigenvalue weighted by molar-refractivity contribution is 6.30. The number of anilines is 1. The molecule has 1 aromatic carbocycles. The Morgan fingerprint density at radius 2 is 2.06 bits per heavy atom. The van der Waals surface area contributed by atoms with Gasteiger partial charge in [-0.25, -0.2) is 0 Å². The third-order valence-electron chi connectivity index (χ3n) is 2.62. The van der Waals surface area contributed by atoms with E-state index in [2.05, 4.69) is 11.8 Å². The number of ether oxygens (including phenoxy) is 1. The first-order chi connectivity index (χ1) is 8.22. The summed E-state index contributed by atoms with van der Waals surface area (Å²) in [5.74, 6) is 0.473. The molecule has 0 amide bonds. The van der Waals surface area contributed by atoms with Crippen LogP contribution in [0.25, 0.3) is 0 Å². The van der Waals surface area contributed by atoms with Gasteiger partial charge in [0.25, 0.3) is 0 Å². The Labute approximate surface area is 113 Å². The third kappa shape index (κ3) is 4.38. The van der Waals surface area contributed by atoms with Crippen molar-refractivity contribution in [2.24, 2.45) is 0 Å². The number of nitrogens with zero attached hydrogens (tertiary/aromatic N) is 1. The molecule has 0 aliphatic carbocycles. The van der Waals surface area contributed by atoms with Crippen LogP contribution in [0.1, 0.15) is 19.4 Å². The summed E-state index contributed by atoms with van der Waals surface area (Å²) < 4.78 is 5.38. The molecule has 0 N–H and O–H groups in total. The van der Waals surface area contributed by atoms with Crippen LogP contribution in [0.2, 0.25) is 5.02 Å². The van der Waals surface area contributed by atoms with E-state index in [0.29, 0.717) is 5.88 Å². The molecule has 0 bridgehead atoms. The van der Waals surface area contributed by atoms with Gasteiger partial charge in [-0.05, 0) is 37.6 Å². The van der Waals surface area contributed by atoms with Crippen molar-refractivity contribution in [3.63, 3.8) is 0 Å². The van der Waals surface area contributed by atoms with E-state index in [1.807, 2.05) is 25.1 Å². The predicted octanol–water partition coefficient (Wildman–Crippen LogP) is 3.94. The molecule has 0 spiro atoms. The highest BCUT2D eigenvalue weighted by atomic mass is 35.5. The number of likely N-dealkylation sites (N-methyl/N-ethyl adjacent to an activating group) is 1. The fraction of sp³-hybridized carbons (Fsp3) is 0.538. The summed E-state index contributed by atoms with van der Waals surface area (Å²) in [5, 5.41) is 0.727. The molecular formula is C13H19Cl2NO. The van der Waals surface area contributed by atoms with Gasteiger partial charge in [-0.1, -0.05) is 11.6 Å². The molecule has 0 fully saturated rings. The second kappa shape index (κ2) is 7.80. The van der Waals surface area contributed by atoms with Gasteiger partial charge in [0.05, 0.1) is 6.61 Å². The Balaban J connectivity index is 2.79. The molecule has 0 radical (unpaired) electrons. The van der Waals surface area contributed by atoms with Crippen LogP contribution in [0.5, 0.6) is 0 Å². The van der Waals surface area contributed by atoms with Crippen molar-refractivity contribution in [2.75, 3.05) is 31.2 Å². The topological polar surface area (TPSA) is 12.5 Å². The van der Waals surface area contributed by atoms with Crippen molar-refractivity contribution >= 4 is 28.9 Å². The fourth-order valence-corrected chi connectivity index (χ4v) is 2.15. The highest BCUT2D eigenvalue weighted by Gasteiger charge is 2.09. The average Bonchev–Trinajstić information content (AvgIpc) is 2.35. The van der Waals surface area contributed by atoms with Crippen LogP contribution in [0.4, 0.5) is 5.69 Å². The van der Waals surface area contributed by atoms with E-state index in [1.54, 1.807) is 0 Å². The van der Waals surface area contributed by atoms with Crippen LogP contribution in [0.15, 0.2) is 18.2 Å². The molecule has 0 saturated carbocycles. The number of rotatable bonds is 7. The van der Waals surface area contributed by atoms with Crippen LogP contribution in [-0.2, 0) is 10.6 Å². The van der Waals surface area contributed by atoms with Crippen molar-refractivity contribution < 1.29 is 4.74 Å². The van der Waals surface area contributed by atoms with Crippen molar-refractivity contribution in [3.05, 3.63) is 28.8 Å². The second-order valence-electron chi connectivity index (χ2n) is 3.68. The zero-order valence-electron chi connectivity index (χ0n) is 10.4. The summed E-state index contributed by atoms with van der Waals surface area (Å²) in [6, 6.07) is 5.85. The van der Waals surface area contributed by atoms with E-state index < -0.39 is 0 Å². The Bertz CT molecular complexity index is 344. The predicted molar refractivity (Wildman–Crippen MR) is 75.4 cm³/mol. The van der Waals surface area contributed by atoms with Crippen molar-refractivity contribution in [1.82, 2.24) is 0 Å². The lowest BCUT2D eigenvalue weighted by atomic mass is 10.2. The van der Waals surface area contributed by atoms with E-state index in [0.717, 1.165) is 42.6 Å². The maximum atomic E-state index is 5.97. The Morgan fingerprint density at radius 3 is 2.65 bits per heavy atom. The van der Waals surface area contributed by atoms with Crippen LogP contribution >= 0.6 is 23.2 Å². The summed E-state index contributed by atoms with van der Waals surface area (Å²) in [6.45, 7) is 7.41. The lowest BCUT2D eigenvalue weighted by Gasteiger charge is -2.25. The van der Waals surface area contributed by atoms with Gasteiger partial charge >= 0.3 is 0 Å². The third-order valence-corrected chi connectivity index (χ3v) is 3.14. The van der Waals surface area contributed by atoms with Gasteiger partial charge in [-0.2, -0.15) is 0 Å². The maximum Gasteiger partial charge on any atom is 0.0641 e. The molecule has 4 heteroatoms. The molecule has 0 saturated heterocycles. The molecule has 2 nitrogen and oxygen atoms in total. The molecule has 1 aromatic rings. The first-order valence-electron chi connectivity index (χ1n) is 5.90. The number of hydrogen-bond acceptors (Lipinski definition) is 2. The molecule has 0 aliphatic heterocycles. The number of halogens is 2. The minimum atomic E-state index is 0.473. The van der Waals surface area contributed by atoms with Gasteiger partial charge in [-0.3, -0.25) is 0 Å². The SMILES string of the molecule is CCOCCN(CC)c1ccc(Cl)cc1CCl. The van der Waals surface area contributed by atoms with Crippen molar-refractivity contribution in [1.29, 1.82) is 0 Å². The Hall–Kier alpha value is -0.440. The Kier molecular flexibility index (Phi) is 6.71. The standard InChI is InChI=1S/C13H19Cl2NO/c1-3-16(7-8-17-4-2)13-6-5-12(15)9-11(13)10-14/h5-6,9H,3-4,7-8,10H2,1-2H3. The van der Waals surface area contributed by atoms with Crippen molar-refractivity contribution in [2.45, 2.75) is 19.7 Å². The molecule has 96 valence electrons. The average molecular weight is 276 g/mol. The molecule has 0 atom stereocenters. The van der Waals surface area contributed by atoms with E-state index in [9.17, 15) is 0 Å². The molecular weight excluding hydrogens is 257 g/mol. The number of hydrogen-bond donors (Lipinski definition) is 0. The van der Waals surface area contributed by atoms with Gasteiger partial charge in [0, 0.05) is 36.3 Å². The second-order valence-corrected chi connectivity index (χ2v) is 4.39. The minimum absolute atomic E-state index is 0.473. The summed E-state index contributed by atoms with van der Waals surface area (Å²) in [7, 11) is 0. The van der Waals surface area contributed by atoms with E-state index in [-0.39, 0.29) is 0 Å². The van der Waals surface area contributed by atoms with E-state index >= 15 is 0 Å². The summed E-state index contributed by atoms with van der Waals surface area (Å²) in [5.41, 5.74) is 2.21. The Morgan fingerprint density at radius 1 is 1.29 bits per heavy atom. The minimum Gasteiger partial charge on any atom is -0.380 e. The van der Waals surface area contributed by atoms with Gasteiger partial charge in [-0.15, -0.1) is 11.6 Å². The van der Waals surface area contributed by atoms with Crippen molar-refractivity contribution in [3.8, 4) is 0 Å². The van der Waals surface area contributed by atoms with Crippen LogP contribution in [-0.4, -0.2) is 26.3 Å². The quantitative estimate of drug-likeness (QED) is 0.552. The first-order valence-corrected chi connectivity index (χ1v) is 6.81. The van der Waals surface area contributed by atoms with Crippen LogP contribution in [0.3, 0.4) is 0 Å².